The number of aryl methyl sites for hydroxylation is 1. The van der Waals surface area contributed by atoms with Gasteiger partial charge in [-0.05, 0) is 80.9 Å². The molecule has 3 heterocycles. The van der Waals surface area contributed by atoms with Gasteiger partial charge in [0.15, 0.2) is 0 Å². The molecule has 0 bridgehead atoms. The lowest BCUT2D eigenvalue weighted by atomic mass is 9.84. The first kappa shape index (κ1) is 22.9. The molecule has 0 radical (unpaired) electrons. The second-order valence-corrected chi connectivity index (χ2v) is 9.75. The molecular weight excluding hydrogens is 422 g/mol. The van der Waals surface area contributed by atoms with Crippen LogP contribution in [-0.4, -0.2) is 45.9 Å². The topological polar surface area (TPSA) is 49.6 Å². The number of benzene rings is 1. The van der Waals surface area contributed by atoms with E-state index in [2.05, 4.69) is 64.2 Å². The van der Waals surface area contributed by atoms with Gasteiger partial charge in [-0.25, -0.2) is 0 Å². The Balaban J connectivity index is 1.33. The Morgan fingerprint density at radius 1 is 1.00 bits per heavy atom. The molecule has 0 N–H and O–H groups in total. The molecule has 2 aromatic heterocycles. The van der Waals surface area contributed by atoms with E-state index >= 15 is 0 Å². The van der Waals surface area contributed by atoms with Crippen LogP contribution in [0.5, 0.6) is 0 Å². The predicted molar refractivity (Wildman–Crippen MR) is 133 cm³/mol. The van der Waals surface area contributed by atoms with Crippen molar-refractivity contribution in [1.82, 2.24) is 14.8 Å². The Morgan fingerprint density at radius 3 is 2.38 bits per heavy atom. The maximum absolute atomic E-state index is 13.7. The fourth-order valence-corrected chi connectivity index (χ4v) is 5.32. The van der Waals surface area contributed by atoms with E-state index < -0.39 is 0 Å². The van der Waals surface area contributed by atoms with Gasteiger partial charge in [-0.3, -0.25) is 14.7 Å². The summed E-state index contributed by atoms with van der Waals surface area (Å²) in [6.07, 6.45) is 7.95. The number of rotatable bonds is 9. The molecular formula is C29H35N3O2. The van der Waals surface area contributed by atoms with Gasteiger partial charge in [0.05, 0.1) is 6.54 Å². The average molecular weight is 458 g/mol. The Hall–Kier alpha value is -2.92. The number of amides is 1. The fraction of sp³-hybridized carbons (Fsp3) is 0.448. The van der Waals surface area contributed by atoms with E-state index in [0.717, 1.165) is 69.7 Å². The molecule has 1 aliphatic heterocycles. The van der Waals surface area contributed by atoms with Crippen LogP contribution >= 0.6 is 0 Å². The van der Waals surface area contributed by atoms with Crippen molar-refractivity contribution in [2.24, 2.45) is 5.92 Å². The predicted octanol–water partition coefficient (Wildman–Crippen LogP) is 5.37. The molecule has 5 heteroatoms. The molecule has 2 fully saturated rings. The van der Waals surface area contributed by atoms with Gasteiger partial charge in [-0.1, -0.05) is 43.3 Å². The molecule has 2 aliphatic rings. The summed E-state index contributed by atoms with van der Waals surface area (Å²) in [5.74, 6) is 2.68. The molecule has 1 saturated carbocycles. The molecule has 3 aromatic rings. The summed E-state index contributed by atoms with van der Waals surface area (Å²) >= 11 is 0. The number of pyridine rings is 1. The highest BCUT2D eigenvalue weighted by Gasteiger charge is 2.42. The van der Waals surface area contributed by atoms with Crippen LogP contribution in [0.15, 0.2) is 71.3 Å². The van der Waals surface area contributed by atoms with Gasteiger partial charge >= 0.3 is 0 Å². The van der Waals surface area contributed by atoms with Crippen LogP contribution in [0.1, 0.15) is 60.2 Å². The van der Waals surface area contributed by atoms with E-state index in [0.29, 0.717) is 17.7 Å². The number of furan rings is 1. The van der Waals surface area contributed by atoms with Crippen molar-refractivity contribution in [3.05, 3.63) is 89.6 Å². The summed E-state index contributed by atoms with van der Waals surface area (Å²) in [7, 11) is 0. The summed E-state index contributed by atoms with van der Waals surface area (Å²) in [6, 6.07) is 21.0. The normalized spacial score (nSPS) is 18.0. The van der Waals surface area contributed by atoms with Crippen LogP contribution in [-0.2, 0) is 19.4 Å². The first-order valence-corrected chi connectivity index (χ1v) is 12.8. The van der Waals surface area contributed by atoms with Crippen molar-refractivity contribution in [1.29, 1.82) is 0 Å². The van der Waals surface area contributed by atoms with Crippen molar-refractivity contribution >= 4 is 5.91 Å². The molecule has 1 aliphatic carbocycles. The SMILES string of the molecule is CCc1ccc(CN2CCC(C(Cc3ccccc3)N(C(=O)c3ccccn3)C3CC3)CC2)o1. The third-order valence-corrected chi connectivity index (χ3v) is 7.33. The van der Waals surface area contributed by atoms with Gasteiger partial charge in [-0.2, -0.15) is 0 Å². The minimum atomic E-state index is 0.0918. The number of piperidine rings is 1. The Labute approximate surface area is 202 Å². The van der Waals surface area contributed by atoms with Crippen molar-refractivity contribution in [2.45, 2.75) is 64.1 Å². The summed E-state index contributed by atoms with van der Waals surface area (Å²) in [5.41, 5.74) is 1.87. The molecule has 34 heavy (non-hydrogen) atoms. The number of aromatic nitrogens is 1. The smallest absolute Gasteiger partial charge is 0.272 e. The zero-order valence-electron chi connectivity index (χ0n) is 20.1. The third kappa shape index (κ3) is 5.41. The maximum atomic E-state index is 13.7. The highest BCUT2D eigenvalue weighted by atomic mass is 16.3. The van der Waals surface area contributed by atoms with Gasteiger partial charge in [0.25, 0.3) is 5.91 Å². The lowest BCUT2D eigenvalue weighted by Gasteiger charge is -2.41. The number of carbonyl (C=O) groups excluding carboxylic acids is 1. The summed E-state index contributed by atoms with van der Waals surface area (Å²) in [4.78, 5) is 22.8. The molecule has 1 aromatic carbocycles. The van der Waals surface area contributed by atoms with Crippen LogP contribution in [0.2, 0.25) is 0 Å². The first-order valence-electron chi connectivity index (χ1n) is 12.8. The van der Waals surface area contributed by atoms with E-state index in [1.165, 1.54) is 5.56 Å². The molecule has 5 nitrogen and oxygen atoms in total. The fourth-order valence-electron chi connectivity index (χ4n) is 5.32. The van der Waals surface area contributed by atoms with Crippen LogP contribution < -0.4 is 0 Å². The molecule has 1 saturated heterocycles. The van der Waals surface area contributed by atoms with E-state index in [-0.39, 0.29) is 11.9 Å². The lowest BCUT2D eigenvalue weighted by molar-refractivity contribution is 0.0471. The average Bonchev–Trinajstić information content (AvgIpc) is 3.62. The summed E-state index contributed by atoms with van der Waals surface area (Å²) in [6.45, 7) is 5.07. The minimum Gasteiger partial charge on any atom is -0.465 e. The second kappa shape index (κ2) is 10.6. The molecule has 178 valence electrons. The molecule has 0 spiro atoms. The third-order valence-electron chi connectivity index (χ3n) is 7.33. The van der Waals surface area contributed by atoms with Gasteiger partial charge in [0.1, 0.15) is 17.2 Å². The van der Waals surface area contributed by atoms with Crippen molar-refractivity contribution in [2.75, 3.05) is 13.1 Å². The quantitative estimate of drug-likeness (QED) is 0.434. The van der Waals surface area contributed by atoms with Crippen molar-refractivity contribution in [3.63, 3.8) is 0 Å². The van der Waals surface area contributed by atoms with Crippen molar-refractivity contribution < 1.29 is 9.21 Å². The second-order valence-electron chi connectivity index (χ2n) is 9.75. The number of likely N-dealkylation sites (tertiary alicyclic amines) is 1. The van der Waals surface area contributed by atoms with Gasteiger partial charge in [0, 0.05) is 24.7 Å². The minimum absolute atomic E-state index is 0.0918. The number of hydrogen-bond acceptors (Lipinski definition) is 4. The molecule has 1 amide bonds. The Kier molecular flexibility index (Phi) is 7.10. The zero-order valence-corrected chi connectivity index (χ0v) is 20.1. The Bertz CT molecular complexity index is 1050. The highest BCUT2D eigenvalue weighted by Crippen LogP contribution is 2.36. The van der Waals surface area contributed by atoms with Gasteiger partial charge in [-0.15, -0.1) is 0 Å². The van der Waals surface area contributed by atoms with Crippen LogP contribution in [0.4, 0.5) is 0 Å². The van der Waals surface area contributed by atoms with Gasteiger partial charge in [0.2, 0.25) is 0 Å². The summed E-state index contributed by atoms with van der Waals surface area (Å²) in [5, 5.41) is 0. The van der Waals surface area contributed by atoms with E-state index in [1.807, 2.05) is 18.2 Å². The van der Waals surface area contributed by atoms with E-state index in [4.69, 9.17) is 4.42 Å². The number of hydrogen-bond donors (Lipinski definition) is 0. The largest absolute Gasteiger partial charge is 0.465 e. The van der Waals surface area contributed by atoms with E-state index in [9.17, 15) is 4.79 Å². The number of carbonyl (C=O) groups is 1. The van der Waals surface area contributed by atoms with Gasteiger partial charge < -0.3 is 9.32 Å². The number of nitrogens with zero attached hydrogens (tertiary/aromatic N) is 3. The monoisotopic (exact) mass is 457 g/mol. The van der Waals surface area contributed by atoms with Crippen LogP contribution in [0.3, 0.4) is 0 Å². The first-order chi connectivity index (χ1) is 16.7. The summed E-state index contributed by atoms with van der Waals surface area (Å²) < 4.78 is 5.95. The van der Waals surface area contributed by atoms with Crippen LogP contribution in [0.25, 0.3) is 0 Å². The molecule has 1 atom stereocenters. The zero-order chi connectivity index (χ0) is 23.3. The van der Waals surface area contributed by atoms with Crippen LogP contribution in [0, 0.1) is 5.92 Å². The van der Waals surface area contributed by atoms with Crippen molar-refractivity contribution in [3.8, 4) is 0 Å². The highest BCUT2D eigenvalue weighted by molar-refractivity contribution is 5.93. The maximum Gasteiger partial charge on any atom is 0.272 e. The van der Waals surface area contributed by atoms with E-state index in [1.54, 1.807) is 6.20 Å². The molecule has 5 rings (SSSR count). The lowest BCUT2D eigenvalue weighted by Crippen LogP contribution is -2.50. The Morgan fingerprint density at radius 2 is 1.74 bits per heavy atom. The molecule has 1 unspecified atom stereocenters. The standard InChI is InChI=1S/C29H35N3O2/c1-2-25-13-14-26(34-25)21-31-18-15-23(16-19-31)28(20-22-8-4-3-5-9-22)32(24-11-12-24)29(33)27-10-6-7-17-30-27/h3-10,13-14,17,23-24,28H,2,11-12,15-16,18-21H2,1H3.